The predicted octanol–water partition coefficient (Wildman–Crippen LogP) is 5.37. The van der Waals surface area contributed by atoms with Crippen LogP contribution in [-0.2, 0) is 6.18 Å². The van der Waals surface area contributed by atoms with Crippen molar-refractivity contribution in [2.24, 2.45) is 5.10 Å². The molecule has 2 nitrogen and oxygen atoms in total. The molecule has 3 aromatic rings. The van der Waals surface area contributed by atoms with Gasteiger partial charge in [0.15, 0.2) is 0 Å². The Balaban J connectivity index is 1.85. The average molecular weight is 320 g/mol. The van der Waals surface area contributed by atoms with Gasteiger partial charge in [-0.25, -0.2) is 0 Å². The maximum absolute atomic E-state index is 12.9. The molecule has 0 fully saturated rings. The van der Waals surface area contributed by atoms with Gasteiger partial charge in [0, 0.05) is 15.5 Å². The standard InChI is InChI=1S/C16H11F3N2S/c17-16(18,19)14-10-22-15-7-6-11(8-13(14)15)9-20-21-12-4-2-1-3-5-12/h1-10,21H. The number of benzene rings is 2. The van der Waals surface area contributed by atoms with E-state index in [-0.39, 0.29) is 5.39 Å². The van der Waals surface area contributed by atoms with E-state index in [1.54, 1.807) is 12.1 Å². The fraction of sp³-hybridized carbons (Fsp3) is 0.0625. The molecule has 0 amide bonds. The first kappa shape index (κ1) is 14.6. The van der Waals surface area contributed by atoms with Gasteiger partial charge in [0.25, 0.3) is 0 Å². The van der Waals surface area contributed by atoms with E-state index in [2.05, 4.69) is 10.5 Å². The summed E-state index contributed by atoms with van der Waals surface area (Å²) < 4.78 is 39.4. The normalized spacial score (nSPS) is 12.1. The molecule has 0 atom stereocenters. The van der Waals surface area contributed by atoms with Crippen LogP contribution in [0.2, 0.25) is 0 Å². The second kappa shape index (κ2) is 5.81. The largest absolute Gasteiger partial charge is 0.417 e. The molecule has 0 aliphatic carbocycles. The van der Waals surface area contributed by atoms with E-state index in [1.807, 2.05) is 30.3 Å². The van der Waals surface area contributed by atoms with Crippen molar-refractivity contribution in [1.82, 2.24) is 0 Å². The summed E-state index contributed by atoms with van der Waals surface area (Å²) in [6.07, 6.45) is -2.83. The predicted molar refractivity (Wildman–Crippen MR) is 84.5 cm³/mol. The number of hydrazone groups is 1. The summed E-state index contributed by atoms with van der Waals surface area (Å²) >= 11 is 1.09. The van der Waals surface area contributed by atoms with Crippen LogP contribution >= 0.6 is 11.3 Å². The molecule has 6 heteroatoms. The Morgan fingerprint density at radius 3 is 2.55 bits per heavy atom. The molecule has 1 heterocycles. The summed E-state index contributed by atoms with van der Waals surface area (Å²) in [4.78, 5) is 0. The summed E-state index contributed by atoms with van der Waals surface area (Å²) in [6, 6.07) is 14.2. The van der Waals surface area contributed by atoms with E-state index in [4.69, 9.17) is 0 Å². The Labute approximate surface area is 128 Å². The highest BCUT2D eigenvalue weighted by atomic mass is 32.1. The van der Waals surface area contributed by atoms with Crippen LogP contribution in [0.4, 0.5) is 18.9 Å². The fourth-order valence-electron chi connectivity index (χ4n) is 2.04. The Hall–Kier alpha value is -2.34. The van der Waals surface area contributed by atoms with Crippen molar-refractivity contribution in [3.8, 4) is 0 Å². The summed E-state index contributed by atoms with van der Waals surface area (Å²) in [5.74, 6) is 0. The number of nitrogens with zero attached hydrogens (tertiary/aromatic N) is 1. The second-order valence-corrected chi connectivity index (χ2v) is 5.55. The van der Waals surface area contributed by atoms with Gasteiger partial charge in [0.2, 0.25) is 0 Å². The van der Waals surface area contributed by atoms with Crippen LogP contribution in [0.25, 0.3) is 10.1 Å². The van der Waals surface area contributed by atoms with Crippen molar-refractivity contribution in [1.29, 1.82) is 0 Å². The third-order valence-corrected chi connectivity index (χ3v) is 4.05. The van der Waals surface area contributed by atoms with Gasteiger partial charge < -0.3 is 0 Å². The van der Waals surface area contributed by atoms with Crippen molar-refractivity contribution < 1.29 is 13.2 Å². The molecular weight excluding hydrogens is 309 g/mol. The quantitative estimate of drug-likeness (QED) is 0.509. The lowest BCUT2D eigenvalue weighted by Gasteiger charge is -2.04. The molecule has 1 N–H and O–H groups in total. The molecule has 0 saturated heterocycles. The molecule has 0 saturated carbocycles. The Morgan fingerprint density at radius 2 is 1.82 bits per heavy atom. The van der Waals surface area contributed by atoms with Gasteiger partial charge in [-0.1, -0.05) is 24.3 Å². The van der Waals surface area contributed by atoms with Gasteiger partial charge in [-0.15, -0.1) is 11.3 Å². The van der Waals surface area contributed by atoms with E-state index in [0.29, 0.717) is 10.3 Å². The minimum Gasteiger partial charge on any atom is -0.279 e. The zero-order valence-electron chi connectivity index (χ0n) is 11.3. The lowest BCUT2D eigenvalue weighted by Crippen LogP contribution is -2.03. The lowest BCUT2D eigenvalue weighted by atomic mass is 10.1. The minimum absolute atomic E-state index is 0.209. The molecule has 2 aromatic carbocycles. The van der Waals surface area contributed by atoms with Gasteiger partial charge in [-0.2, -0.15) is 18.3 Å². The molecule has 1 aromatic heterocycles. The van der Waals surface area contributed by atoms with Crippen LogP contribution in [0.15, 0.2) is 59.0 Å². The van der Waals surface area contributed by atoms with Crippen molar-refractivity contribution in [2.75, 3.05) is 5.43 Å². The monoisotopic (exact) mass is 320 g/mol. The molecule has 0 aliphatic rings. The summed E-state index contributed by atoms with van der Waals surface area (Å²) in [6.45, 7) is 0. The maximum Gasteiger partial charge on any atom is 0.417 e. The molecule has 0 aliphatic heterocycles. The molecule has 3 rings (SSSR count). The van der Waals surface area contributed by atoms with Crippen molar-refractivity contribution in [3.05, 3.63) is 65.0 Å². The SMILES string of the molecule is FC(F)(F)c1csc2ccc(C=NNc3ccccc3)cc12. The van der Waals surface area contributed by atoms with Gasteiger partial charge in [-0.3, -0.25) is 5.43 Å². The molecule has 22 heavy (non-hydrogen) atoms. The van der Waals surface area contributed by atoms with Crippen LogP contribution in [-0.4, -0.2) is 6.21 Å². The van der Waals surface area contributed by atoms with Gasteiger partial charge in [0.1, 0.15) is 0 Å². The minimum atomic E-state index is -4.34. The first-order chi connectivity index (χ1) is 10.5. The van der Waals surface area contributed by atoms with Crippen molar-refractivity contribution in [2.45, 2.75) is 6.18 Å². The molecule has 0 unspecified atom stereocenters. The highest BCUT2D eigenvalue weighted by molar-refractivity contribution is 7.17. The fourth-order valence-corrected chi connectivity index (χ4v) is 2.99. The van der Waals surface area contributed by atoms with Crippen molar-refractivity contribution >= 4 is 33.3 Å². The third kappa shape index (κ3) is 3.12. The number of hydrogen-bond donors (Lipinski definition) is 1. The maximum atomic E-state index is 12.9. The average Bonchev–Trinajstić information content (AvgIpc) is 2.91. The first-order valence-electron chi connectivity index (χ1n) is 6.46. The number of rotatable bonds is 3. The van der Waals surface area contributed by atoms with E-state index >= 15 is 0 Å². The van der Waals surface area contributed by atoms with Crippen LogP contribution in [0, 0.1) is 0 Å². The highest BCUT2D eigenvalue weighted by Gasteiger charge is 2.33. The Bertz CT molecular complexity index is 807. The molecular formula is C16H11F3N2S. The summed E-state index contributed by atoms with van der Waals surface area (Å²) in [5.41, 5.74) is 3.65. The van der Waals surface area contributed by atoms with Crippen LogP contribution in [0.3, 0.4) is 0 Å². The van der Waals surface area contributed by atoms with Crippen LogP contribution in [0.5, 0.6) is 0 Å². The number of hydrogen-bond acceptors (Lipinski definition) is 3. The lowest BCUT2D eigenvalue weighted by molar-refractivity contribution is -0.136. The Morgan fingerprint density at radius 1 is 1.05 bits per heavy atom. The van der Waals surface area contributed by atoms with E-state index in [9.17, 15) is 13.2 Å². The second-order valence-electron chi connectivity index (χ2n) is 4.64. The number of anilines is 1. The topological polar surface area (TPSA) is 24.4 Å². The molecule has 0 spiro atoms. The summed E-state index contributed by atoms with van der Waals surface area (Å²) in [7, 11) is 0. The zero-order chi connectivity index (χ0) is 15.6. The molecule has 0 radical (unpaired) electrons. The Kier molecular flexibility index (Phi) is 3.85. The summed E-state index contributed by atoms with van der Waals surface area (Å²) in [5, 5.41) is 5.40. The number of thiophene rings is 1. The number of halogens is 3. The van der Waals surface area contributed by atoms with Crippen LogP contribution < -0.4 is 5.43 Å². The van der Waals surface area contributed by atoms with Crippen molar-refractivity contribution in [3.63, 3.8) is 0 Å². The van der Waals surface area contributed by atoms with Gasteiger partial charge in [0.05, 0.1) is 17.5 Å². The molecule has 0 bridgehead atoms. The zero-order valence-corrected chi connectivity index (χ0v) is 12.1. The molecule has 112 valence electrons. The highest BCUT2D eigenvalue weighted by Crippen LogP contribution is 2.38. The third-order valence-electron chi connectivity index (χ3n) is 3.08. The number of nitrogens with one attached hydrogen (secondary N) is 1. The van der Waals surface area contributed by atoms with Gasteiger partial charge in [-0.05, 0) is 29.8 Å². The van der Waals surface area contributed by atoms with E-state index in [1.165, 1.54) is 12.3 Å². The number of fused-ring (bicyclic) bond motifs is 1. The van der Waals surface area contributed by atoms with E-state index in [0.717, 1.165) is 22.4 Å². The number of para-hydroxylation sites is 1. The van der Waals surface area contributed by atoms with E-state index < -0.39 is 11.7 Å². The van der Waals surface area contributed by atoms with Crippen LogP contribution in [0.1, 0.15) is 11.1 Å². The smallest absolute Gasteiger partial charge is 0.279 e. The number of alkyl halides is 3. The first-order valence-corrected chi connectivity index (χ1v) is 7.34. The van der Waals surface area contributed by atoms with Gasteiger partial charge >= 0.3 is 6.18 Å².